The number of hydrogen-bond donors (Lipinski definition) is 2. The predicted molar refractivity (Wildman–Crippen MR) is 131 cm³/mol. The number of carbonyl (C=O) groups is 1. The lowest BCUT2D eigenvalue weighted by Gasteiger charge is -2.39. The van der Waals surface area contributed by atoms with Gasteiger partial charge in [-0.1, -0.05) is 24.3 Å². The Morgan fingerprint density at radius 2 is 1.18 bits per heavy atom. The van der Waals surface area contributed by atoms with Gasteiger partial charge in [-0.2, -0.15) is 0 Å². The van der Waals surface area contributed by atoms with Gasteiger partial charge in [0.25, 0.3) is 0 Å². The number of rotatable bonds is 8. The van der Waals surface area contributed by atoms with Crippen molar-refractivity contribution < 1.29 is 13.6 Å². The van der Waals surface area contributed by atoms with Crippen LogP contribution in [0.5, 0.6) is 0 Å². The van der Waals surface area contributed by atoms with Crippen molar-refractivity contribution in [1.29, 1.82) is 0 Å². The summed E-state index contributed by atoms with van der Waals surface area (Å²) in [6.45, 7) is 10.8. The van der Waals surface area contributed by atoms with Crippen molar-refractivity contribution in [3.05, 3.63) is 71.3 Å². The third-order valence-corrected chi connectivity index (χ3v) is 7.34. The van der Waals surface area contributed by atoms with E-state index in [0.29, 0.717) is 25.2 Å². The fourth-order valence-electron chi connectivity index (χ4n) is 5.13. The zero-order chi connectivity index (χ0) is 24.1. The molecule has 0 radical (unpaired) electrons. The molecule has 2 aliphatic heterocycles. The Morgan fingerprint density at radius 3 is 1.53 bits per heavy atom. The van der Waals surface area contributed by atoms with Gasteiger partial charge >= 0.3 is 0 Å². The highest BCUT2D eigenvalue weighted by molar-refractivity contribution is 5.92. The highest BCUT2D eigenvalue weighted by atomic mass is 19.1. The van der Waals surface area contributed by atoms with Crippen LogP contribution in [0.3, 0.4) is 0 Å². The van der Waals surface area contributed by atoms with E-state index in [1.165, 1.54) is 24.3 Å². The summed E-state index contributed by atoms with van der Waals surface area (Å²) < 4.78 is 27.5. The monoisotopic (exact) mass is 470 g/mol. The molecule has 2 heterocycles. The second kappa shape index (κ2) is 11.5. The van der Waals surface area contributed by atoms with E-state index in [1.807, 2.05) is 0 Å². The first-order valence-corrected chi connectivity index (χ1v) is 12.4. The summed E-state index contributed by atoms with van der Waals surface area (Å²) in [7, 11) is 0. The van der Waals surface area contributed by atoms with Gasteiger partial charge < -0.3 is 10.6 Å². The molecule has 5 nitrogen and oxygen atoms in total. The molecule has 2 aliphatic rings. The molecule has 7 heteroatoms. The maximum Gasteiger partial charge on any atom is 0.150 e. The van der Waals surface area contributed by atoms with E-state index in [0.717, 1.165) is 50.4 Å². The minimum absolute atomic E-state index is 0.106. The lowest BCUT2D eigenvalue weighted by Crippen LogP contribution is -2.53. The molecule has 184 valence electrons. The largest absolute Gasteiger partial charge is 0.314 e. The van der Waals surface area contributed by atoms with E-state index in [-0.39, 0.29) is 17.4 Å². The molecular weight excluding hydrogens is 434 g/mol. The number of hydrogen-bond acceptors (Lipinski definition) is 5. The molecule has 0 spiro atoms. The van der Waals surface area contributed by atoms with Crippen molar-refractivity contribution in [1.82, 2.24) is 20.4 Å². The first-order chi connectivity index (χ1) is 16.4. The average molecular weight is 471 g/mol. The summed E-state index contributed by atoms with van der Waals surface area (Å²) in [6.07, 6.45) is 0. The van der Waals surface area contributed by atoms with Crippen LogP contribution in [0.1, 0.15) is 36.8 Å². The van der Waals surface area contributed by atoms with Gasteiger partial charge in [0.05, 0.1) is 11.8 Å². The molecule has 0 amide bonds. The Labute approximate surface area is 201 Å². The molecule has 2 fully saturated rings. The molecule has 0 saturated carbocycles. The Bertz CT molecular complexity index is 861. The highest BCUT2D eigenvalue weighted by Gasteiger charge is 2.34. The van der Waals surface area contributed by atoms with Gasteiger partial charge in [0.2, 0.25) is 0 Å². The Kier molecular flexibility index (Phi) is 8.42. The normalized spacial score (nSPS) is 24.0. The highest BCUT2D eigenvalue weighted by Crippen LogP contribution is 2.30. The number of halogens is 2. The van der Waals surface area contributed by atoms with E-state index in [2.05, 4.69) is 34.3 Å². The van der Waals surface area contributed by atoms with Gasteiger partial charge in [-0.05, 0) is 49.2 Å². The van der Waals surface area contributed by atoms with Crippen LogP contribution < -0.4 is 10.6 Å². The van der Waals surface area contributed by atoms with Gasteiger partial charge in [0.15, 0.2) is 0 Å². The quantitative estimate of drug-likeness (QED) is 0.621. The second-order valence-electron chi connectivity index (χ2n) is 9.71. The van der Waals surface area contributed by atoms with E-state index in [9.17, 15) is 13.6 Å². The van der Waals surface area contributed by atoms with Gasteiger partial charge in [-0.15, -0.1) is 0 Å². The molecule has 0 aromatic heterocycles. The van der Waals surface area contributed by atoms with Crippen molar-refractivity contribution in [2.24, 2.45) is 0 Å². The van der Waals surface area contributed by atoms with Crippen LogP contribution in [0.15, 0.2) is 48.5 Å². The third-order valence-electron chi connectivity index (χ3n) is 7.34. The zero-order valence-electron chi connectivity index (χ0n) is 20.1. The summed E-state index contributed by atoms with van der Waals surface area (Å²) in [5.41, 5.74) is 1.66. The van der Waals surface area contributed by atoms with E-state index >= 15 is 0 Å². The second-order valence-corrected chi connectivity index (χ2v) is 9.71. The van der Waals surface area contributed by atoms with E-state index < -0.39 is 11.8 Å². The fourth-order valence-corrected chi connectivity index (χ4v) is 5.13. The Hall–Kier alpha value is -2.19. The Morgan fingerprint density at radius 1 is 0.794 bits per heavy atom. The molecule has 2 saturated heterocycles. The molecule has 2 aromatic rings. The van der Waals surface area contributed by atoms with Gasteiger partial charge in [-0.25, -0.2) is 8.78 Å². The fraction of sp³-hybridized carbons (Fsp3) is 0.519. The van der Waals surface area contributed by atoms with Crippen LogP contribution in [0.2, 0.25) is 0 Å². The van der Waals surface area contributed by atoms with E-state index in [1.54, 1.807) is 24.3 Å². The minimum atomic E-state index is -0.394. The van der Waals surface area contributed by atoms with Gasteiger partial charge in [-0.3, -0.25) is 14.6 Å². The van der Waals surface area contributed by atoms with Crippen LogP contribution in [0.25, 0.3) is 0 Å². The zero-order valence-corrected chi connectivity index (χ0v) is 20.1. The van der Waals surface area contributed by atoms with Gasteiger partial charge in [0.1, 0.15) is 17.4 Å². The van der Waals surface area contributed by atoms with Crippen LogP contribution in [0.4, 0.5) is 8.78 Å². The predicted octanol–water partition coefficient (Wildman–Crippen LogP) is 2.99. The van der Waals surface area contributed by atoms with Gasteiger partial charge in [0, 0.05) is 64.4 Å². The van der Waals surface area contributed by atoms with Crippen LogP contribution in [0, 0.1) is 11.6 Å². The SMILES string of the molecule is CC1CNCCN1C[C@H](C(=O)[C@@H](CN1CCNCC1C)c1ccc(F)cc1)c1ccc(F)cc1. The van der Waals surface area contributed by atoms with Crippen LogP contribution in [-0.4, -0.2) is 80.0 Å². The Balaban J connectivity index is 1.67. The summed E-state index contributed by atoms with van der Waals surface area (Å²) in [4.78, 5) is 19.0. The molecule has 2 unspecified atom stereocenters. The molecule has 0 aliphatic carbocycles. The van der Waals surface area contributed by atoms with Crippen LogP contribution in [-0.2, 0) is 4.79 Å². The molecule has 0 bridgehead atoms. The number of benzene rings is 2. The summed E-state index contributed by atoms with van der Waals surface area (Å²) in [6, 6.07) is 13.3. The molecule has 4 atom stereocenters. The standard InChI is InChI=1S/C27H36F2N4O/c1-19-15-30-11-13-32(19)17-25(21-3-7-23(28)8-4-21)27(34)26(22-5-9-24(29)10-6-22)18-33-14-12-31-16-20(33)2/h3-10,19-20,25-26,30-31H,11-18H2,1-2H3/t19?,20?,25-,26-/m0/s1. The number of ketones is 1. The molecular formula is C27H36F2N4O. The first kappa shape index (κ1) is 24.9. The molecule has 2 aromatic carbocycles. The van der Waals surface area contributed by atoms with Crippen molar-refractivity contribution in [3.63, 3.8) is 0 Å². The molecule has 34 heavy (non-hydrogen) atoms. The summed E-state index contributed by atoms with van der Waals surface area (Å²) >= 11 is 0. The number of nitrogens with one attached hydrogen (secondary N) is 2. The smallest absolute Gasteiger partial charge is 0.150 e. The summed E-state index contributed by atoms with van der Waals surface area (Å²) in [5, 5.41) is 6.81. The number of Topliss-reactive ketones (excluding diaryl/α,β-unsaturated/α-hetero) is 1. The minimum Gasteiger partial charge on any atom is -0.314 e. The topological polar surface area (TPSA) is 47.6 Å². The third kappa shape index (κ3) is 6.08. The summed E-state index contributed by atoms with van der Waals surface area (Å²) in [5.74, 6) is -1.30. The maximum absolute atomic E-state index is 14.3. The molecule has 2 N–H and O–H groups in total. The van der Waals surface area contributed by atoms with Crippen molar-refractivity contribution in [3.8, 4) is 0 Å². The lowest BCUT2D eigenvalue weighted by molar-refractivity contribution is -0.123. The number of piperazine rings is 2. The first-order valence-electron chi connectivity index (χ1n) is 12.4. The average Bonchev–Trinajstić information content (AvgIpc) is 2.84. The van der Waals surface area contributed by atoms with Crippen molar-refractivity contribution >= 4 is 5.78 Å². The van der Waals surface area contributed by atoms with Crippen molar-refractivity contribution in [2.45, 2.75) is 37.8 Å². The number of carbonyl (C=O) groups excluding carboxylic acids is 1. The van der Waals surface area contributed by atoms with E-state index in [4.69, 9.17) is 0 Å². The van der Waals surface area contributed by atoms with Crippen LogP contribution >= 0.6 is 0 Å². The molecule has 4 rings (SSSR count). The van der Waals surface area contributed by atoms with Crippen molar-refractivity contribution in [2.75, 3.05) is 52.4 Å². The maximum atomic E-state index is 14.3. The number of nitrogens with zero attached hydrogens (tertiary/aromatic N) is 2. The lowest BCUT2D eigenvalue weighted by atomic mass is 9.82.